The van der Waals surface area contributed by atoms with Crippen molar-refractivity contribution in [3.05, 3.63) is 47.8 Å². The number of nitrogens with zero attached hydrogens (tertiary/aromatic N) is 5. The Morgan fingerprint density at radius 3 is 2.54 bits per heavy atom. The largest absolute Gasteiger partial charge is 0.483 e. The molecule has 10 nitrogen and oxygen atoms in total. The molecule has 6 rings (SSSR count). The molecule has 0 unspecified atom stereocenters. The summed E-state index contributed by atoms with van der Waals surface area (Å²) in [6.45, 7) is 12.1. The van der Waals surface area contributed by atoms with Crippen molar-refractivity contribution in [2.75, 3.05) is 61.0 Å². The van der Waals surface area contributed by atoms with Crippen molar-refractivity contribution in [3.8, 4) is 5.75 Å². The van der Waals surface area contributed by atoms with E-state index in [2.05, 4.69) is 45.8 Å². The zero-order chi connectivity index (χ0) is 27.3. The van der Waals surface area contributed by atoms with E-state index in [1.807, 2.05) is 16.7 Å². The van der Waals surface area contributed by atoms with Gasteiger partial charge in [-0.05, 0) is 69.0 Å². The average Bonchev–Trinajstić information content (AvgIpc) is 3.04. The first-order valence-corrected chi connectivity index (χ1v) is 15.6. The second-order valence-corrected chi connectivity index (χ2v) is 13.4. The van der Waals surface area contributed by atoms with Gasteiger partial charge in [-0.15, -0.1) is 0 Å². The van der Waals surface area contributed by atoms with Crippen LogP contribution in [-0.4, -0.2) is 90.9 Å². The number of aryl methyl sites for hydroxylation is 1. The summed E-state index contributed by atoms with van der Waals surface area (Å²) >= 11 is 0. The Morgan fingerprint density at radius 1 is 1.13 bits per heavy atom. The Hall–Kier alpha value is -3.18. The second kappa shape index (κ2) is 10.1. The minimum atomic E-state index is -3.00. The Morgan fingerprint density at radius 2 is 1.85 bits per heavy atom. The fourth-order valence-electron chi connectivity index (χ4n) is 6.28. The topological polar surface area (TPSA) is 108 Å². The van der Waals surface area contributed by atoms with Crippen molar-refractivity contribution < 1.29 is 17.9 Å². The molecule has 0 spiro atoms. The number of ether oxygens (including phenoxy) is 1. The Balaban J connectivity index is 1.19. The maximum atomic E-state index is 12.0. The monoisotopic (exact) mass is 552 g/mol. The summed E-state index contributed by atoms with van der Waals surface area (Å²) in [6, 6.07) is 4.90. The van der Waals surface area contributed by atoms with E-state index in [1.165, 1.54) is 11.6 Å². The number of rotatable bonds is 4. The summed E-state index contributed by atoms with van der Waals surface area (Å²) in [5, 5.41) is 3.54. The van der Waals surface area contributed by atoms with E-state index in [-0.39, 0.29) is 23.5 Å². The lowest BCUT2D eigenvalue weighted by molar-refractivity contribution is -0.133. The standard InChI is InChI=1S/C28H36N6O4S/c1-4-24(35)34-15-22(16-34)32-7-5-20(6-8-32)21-13-18(2)26-23(14-21)31-27-25(19(3)38-26)28(30-17-29-27)33-9-11-39(36,37)12-10-33/h4,13-14,17,19-20,22H,1,5-12,15-16H2,2-3H3,(H,29,30,31)/t19-/m1/s1. The smallest absolute Gasteiger partial charge is 0.246 e. The van der Waals surface area contributed by atoms with Crippen molar-refractivity contribution in [1.82, 2.24) is 19.8 Å². The van der Waals surface area contributed by atoms with Gasteiger partial charge in [0.05, 0.1) is 22.8 Å². The van der Waals surface area contributed by atoms with Gasteiger partial charge in [0.1, 0.15) is 29.8 Å². The highest BCUT2D eigenvalue weighted by Crippen LogP contribution is 2.45. The molecule has 0 aliphatic carbocycles. The average molecular weight is 553 g/mol. The number of carbonyl (C=O) groups excluding carboxylic acids is 1. The van der Waals surface area contributed by atoms with Gasteiger partial charge >= 0.3 is 0 Å². The number of hydrogen-bond acceptors (Lipinski definition) is 9. The van der Waals surface area contributed by atoms with Gasteiger partial charge in [-0.2, -0.15) is 0 Å². The van der Waals surface area contributed by atoms with Crippen molar-refractivity contribution in [3.63, 3.8) is 0 Å². The molecule has 5 heterocycles. The highest BCUT2D eigenvalue weighted by molar-refractivity contribution is 7.91. The van der Waals surface area contributed by atoms with E-state index < -0.39 is 9.84 Å². The predicted molar refractivity (Wildman–Crippen MR) is 151 cm³/mol. The van der Waals surface area contributed by atoms with Crippen LogP contribution < -0.4 is 15.0 Å². The van der Waals surface area contributed by atoms with Gasteiger partial charge in [0.25, 0.3) is 0 Å². The summed E-state index contributed by atoms with van der Waals surface area (Å²) in [5.74, 6) is 2.98. The van der Waals surface area contributed by atoms with Crippen molar-refractivity contribution in [2.45, 2.75) is 44.8 Å². The molecule has 3 saturated heterocycles. The first-order valence-electron chi connectivity index (χ1n) is 13.8. The Kier molecular flexibility index (Phi) is 6.74. The molecule has 1 N–H and O–H groups in total. The third-order valence-electron chi connectivity index (χ3n) is 8.62. The molecule has 0 saturated carbocycles. The summed E-state index contributed by atoms with van der Waals surface area (Å²) in [7, 11) is -3.00. The lowest BCUT2D eigenvalue weighted by Crippen LogP contribution is -2.61. The van der Waals surface area contributed by atoms with Crippen LogP contribution in [0.1, 0.15) is 48.5 Å². The summed E-state index contributed by atoms with van der Waals surface area (Å²) in [4.78, 5) is 27.3. The molecule has 39 heavy (non-hydrogen) atoms. The van der Waals surface area contributed by atoms with Gasteiger partial charge in [-0.3, -0.25) is 9.69 Å². The van der Waals surface area contributed by atoms with E-state index in [0.29, 0.717) is 30.9 Å². The zero-order valence-electron chi connectivity index (χ0n) is 22.6. The van der Waals surface area contributed by atoms with Crippen LogP contribution in [0.25, 0.3) is 0 Å². The number of likely N-dealkylation sites (tertiary alicyclic amines) is 2. The molecule has 2 aromatic rings. The molecule has 0 radical (unpaired) electrons. The Bertz CT molecular complexity index is 1390. The third-order valence-corrected chi connectivity index (χ3v) is 10.2. The Labute approximate surface area is 230 Å². The number of fused-ring (bicyclic) bond motifs is 2. The highest BCUT2D eigenvalue weighted by atomic mass is 32.2. The van der Waals surface area contributed by atoms with Crippen LogP contribution in [0.4, 0.5) is 17.3 Å². The van der Waals surface area contributed by atoms with Gasteiger partial charge in [0, 0.05) is 32.2 Å². The van der Waals surface area contributed by atoms with E-state index in [0.717, 1.165) is 67.4 Å². The van der Waals surface area contributed by atoms with Crippen LogP contribution in [0.2, 0.25) is 0 Å². The van der Waals surface area contributed by atoms with Crippen LogP contribution in [0, 0.1) is 6.92 Å². The fraction of sp³-hybridized carbons (Fsp3) is 0.536. The molecule has 1 aromatic heterocycles. The molecule has 1 amide bonds. The molecular formula is C28H36N6O4S. The molecule has 0 bridgehead atoms. The summed E-state index contributed by atoms with van der Waals surface area (Å²) in [5.41, 5.74) is 4.13. The zero-order valence-corrected chi connectivity index (χ0v) is 23.4. The van der Waals surface area contributed by atoms with Crippen LogP contribution in [0.5, 0.6) is 5.75 Å². The number of amides is 1. The predicted octanol–water partition coefficient (Wildman–Crippen LogP) is 2.79. The van der Waals surface area contributed by atoms with Crippen LogP contribution in [-0.2, 0) is 14.6 Å². The number of benzene rings is 1. The SMILES string of the molecule is C=CC(=O)N1CC(N2CCC(c3cc(C)c4c(c3)Nc3ncnc(N5CCS(=O)(=O)CC5)c3[C@@H](C)O4)CC2)C1. The van der Waals surface area contributed by atoms with Gasteiger partial charge in [-0.1, -0.05) is 12.6 Å². The number of piperidine rings is 1. The van der Waals surface area contributed by atoms with E-state index in [4.69, 9.17) is 4.74 Å². The molecule has 11 heteroatoms. The molecule has 1 atom stereocenters. The van der Waals surface area contributed by atoms with E-state index in [1.54, 1.807) is 6.33 Å². The maximum absolute atomic E-state index is 12.0. The van der Waals surface area contributed by atoms with Crippen molar-refractivity contribution in [1.29, 1.82) is 0 Å². The first-order chi connectivity index (χ1) is 18.7. The second-order valence-electron chi connectivity index (χ2n) is 11.1. The third kappa shape index (κ3) is 4.98. The van der Waals surface area contributed by atoms with Crippen molar-refractivity contribution >= 4 is 33.1 Å². The molecular weight excluding hydrogens is 516 g/mol. The minimum Gasteiger partial charge on any atom is -0.483 e. The van der Waals surface area contributed by atoms with Gasteiger partial charge in [0.2, 0.25) is 5.91 Å². The van der Waals surface area contributed by atoms with Crippen LogP contribution in [0.3, 0.4) is 0 Å². The quantitative estimate of drug-likeness (QED) is 0.573. The number of carbonyl (C=O) groups is 1. The van der Waals surface area contributed by atoms with Gasteiger partial charge in [0.15, 0.2) is 9.84 Å². The number of anilines is 3. The normalized spacial score (nSPS) is 23.5. The molecule has 1 aromatic carbocycles. The van der Waals surface area contributed by atoms with Gasteiger partial charge < -0.3 is 19.9 Å². The van der Waals surface area contributed by atoms with E-state index in [9.17, 15) is 13.2 Å². The number of aromatic nitrogens is 2. The summed E-state index contributed by atoms with van der Waals surface area (Å²) < 4.78 is 30.5. The first kappa shape index (κ1) is 26.1. The maximum Gasteiger partial charge on any atom is 0.246 e. The number of sulfone groups is 1. The van der Waals surface area contributed by atoms with E-state index >= 15 is 0 Å². The minimum absolute atomic E-state index is 0.0217. The summed E-state index contributed by atoms with van der Waals surface area (Å²) in [6.07, 6.45) is 4.78. The molecule has 208 valence electrons. The molecule has 4 aliphatic rings. The number of nitrogens with one attached hydrogen (secondary N) is 1. The van der Waals surface area contributed by atoms with Crippen LogP contribution in [0.15, 0.2) is 31.1 Å². The molecule has 3 fully saturated rings. The highest BCUT2D eigenvalue weighted by Gasteiger charge is 2.36. The number of hydrogen-bond donors (Lipinski definition) is 1. The lowest BCUT2D eigenvalue weighted by atomic mass is 9.87. The lowest BCUT2D eigenvalue weighted by Gasteiger charge is -2.47. The fourth-order valence-corrected chi connectivity index (χ4v) is 7.48. The molecule has 4 aliphatic heterocycles. The van der Waals surface area contributed by atoms with Crippen molar-refractivity contribution in [2.24, 2.45) is 0 Å². The van der Waals surface area contributed by atoms with Gasteiger partial charge in [-0.25, -0.2) is 18.4 Å². The van der Waals surface area contributed by atoms with Crippen LogP contribution >= 0.6 is 0 Å².